The summed E-state index contributed by atoms with van der Waals surface area (Å²) in [7, 11) is 0. The third-order valence-corrected chi connectivity index (χ3v) is 7.93. The van der Waals surface area contributed by atoms with E-state index in [1.807, 2.05) is 24.5 Å². The lowest BCUT2D eigenvalue weighted by Crippen LogP contribution is -1.96. The highest BCUT2D eigenvalue weighted by Gasteiger charge is 2.30. The molecule has 0 N–H and O–H groups in total. The van der Waals surface area contributed by atoms with E-state index in [0.29, 0.717) is 0 Å². The molecule has 35 heavy (non-hydrogen) atoms. The first-order chi connectivity index (χ1) is 17.4. The summed E-state index contributed by atoms with van der Waals surface area (Å²) < 4.78 is 2.25. The highest BCUT2D eigenvalue weighted by Crippen LogP contribution is 2.51. The molecule has 4 heteroatoms. The van der Waals surface area contributed by atoms with Crippen LogP contribution >= 0.6 is 0 Å². The van der Waals surface area contributed by atoms with Crippen LogP contribution in [0.1, 0.15) is 22.3 Å². The van der Waals surface area contributed by atoms with Crippen LogP contribution in [0.15, 0.2) is 85.2 Å². The summed E-state index contributed by atoms with van der Waals surface area (Å²) in [5.74, 6) is 0. The fourth-order valence-electron chi connectivity index (χ4n) is 6.54. The first kappa shape index (κ1) is 17.8. The quantitative estimate of drug-likeness (QED) is 0.243. The van der Waals surface area contributed by atoms with E-state index in [0.717, 1.165) is 46.1 Å². The summed E-state index contributed by atoms with van der Waals surface area (Å²) in [5, 5.41) is 2.36. The molecule has 0 amide bonds. The Kier molecular flexibility index (Phi) is 3.11. The summed E-state index contributed by atoms with van der Waals surface area (Å²) in [4.78, 5) is 14.5. The van der Waals surface area contributed by atoms with Gasteiger partial charge in [0, 0.05) is 23.2 Å². The van der Waals surface area contributed by atoms with Crippen LogP contribution in [-0.2, 0) is 12.8 Å². The van der Waals surface area contributed by atoms with Crippen LogP contribution in [0.2, 0.25) is 0 Å². The average molecular weight is 447 g/mol. The van der Waals surface area contributed by atoms with E-state index in [1.165, 1.54) is 49.9 Å². The van der Waals surface area contributed by atoms with Gasteiger partial charge >= 0.3 is 0 Å². The molecular weight excluding hydrogens is 428 g/mol. The molecule has 9 rings (SSSR count). The predicted molar refractivity (Wildman–Crippen MR) is 140 cm³/mol. The van der Waals surface area contributed by atoms with Crippen LogP contribution < -0.4 is 0 Å². The average Bonchev–Trinajstić information content (AvgIpc) is 3.59. The normalized spacial score (nSPS) is 13.5. The molecule has 0 atom stereocenters. The van der Waals surface area contributed by atoms with E-state index in [-0.39, 0.29) is 0 Å². The fraction of sp³-hybridized carbons (Fsp3) is 0.0645. The van der Waals surface area contributed by atoms with Gasteiger partial charge in [-0.15, -0.1) is 0 Å². The van der Waals surface area contributed by atoms with Crippen molar-refractivity contribution in [3.05, 3.63) is 107 Å². The number of rotatable bonds is 0. The van der Waals surface area contributed by atoms with Gasteiger partial charge in [-0.05, 0) is 81.6 Å². The summed E-state index contributed by atoms with van der Waals surface area (Å²) in [6.07, 6.45) is 5.62. The zero-order valence-corrected chi connectivity index (χ0v) is 18.8. The SMILES string of the molecule is c1ccc2c(c1)Cc1ccc3c(c1-2)-c1ccc2c4ncccc4n4c5cccnc5nc4c2c1C3. The van der Waals surface area contributed by atoms with Crippen molar-refractivity contribution in [1.29, 1.82) is 0 Å². The summed E-state index contributed by atoms with van der Waals surface area (Å²) >= 11 is 0. The number of hydrogen-bond donors (Lipinski definition) is 0. The number of benzene rings is 3. The van der Waals surface area contributed by atoms with Crippen LogP contribution in [0.25, 0.3) is 60.9 Å². The zero-order valence-electron chi connectivity index (χ0n) is 18.8. The molecule has 7 aromatic rings. The van der Waals surface area contributed by atoms with Crippen molar-refractivity contribution in [2.75, 3.05) is 0 Å². The minimum Gasteiger partial charge on any atom is -0.288 e. The van der Waals surface area contributed by atoms with E-state index >= 15 is 0 Å². The lowest BCUT2D eigenvalue weighted by Gasteiger charge is -2.13. The third-order valence-electron chi connectivity index (χ3n) is 7.93. The zero-order chi connectivity index (χ0) is 22.7. The maximum Gasteiger partial charge on any atom is 0.178 e. The Morgan fingerprint density at radius 2 is 1.43 bits per heavy atom. The van der Waals surface area contributed by atoms with Crippen molar-refractivity contribution in [2.24, 2.45) is 0 Å². The Labute approximate surface area is 200 Å². The van der Waals surface area contributed by atoms with Gasteiger partial charge < -0.3 is 0 Å². The predicted octanol–water partition coefficient (Wildman–Crippen LogP) is 6.73. The van der Waals surface area contributed by atoms with Crippen molar-refractivity contribution < 1.29 is 0 Å². The first-order valence-corrected chi connectivity index (χ1v) is 12.1. The van der Waals surface area contributed by atoms with Crippen molar-refractivity contribution in [1.82, 2.24) is 19.4 Å². The number of hydrogen-bond acceptors (Lipinski definition) is 3. The van der Waals surface area contributed by atoms with Crippen LogP contribution in [0, 0.1) is 0 Å². The maximum absolute atomic E-state index is 5.07. The molecule has 0 saturated heterocycles. The van der Waals surface area contributed by atoms with E-state index < -0.39 is 0 Å². The van der Waals surface area contributed by atoms with Crippen molar-refractivity contribution >= 4 is 38.6 Å². The van der Waals surface area contributed by atoms with Gasteiger partial charge in [-0.1, -0.05) is 48.5 Å². The van der Waals surface area contributed by atoms with Gasteiger partial charge in [-0.25, -0.2) is 9.97 Å². The highest BCUT2D eigenvalue weighted by atomic mass is 15.1. The van der Waals surface area contributed by atoms with Crippen LogP contribution in [0.4, 0.5) is 0 Å². The molecule has 4 heterocycles. The molecule has 0 aliphatic heterocycles. The molecule has 0 saturated carbocycles. The molecule has 162 valence electrons. The number of aromatic nitrogens is 4. The molecule has 3 aromatic carbocycles. The second-order valence-electron chi connectivity index (χ2n) is 9.65. The largest absolute Gasteiger partial charge is 0.288 e. The van der Waals surface area contributed by atoms with Gasteiger partial charge in [-0.2, -0.15) is 0 Å². The summed E-state index contributed by atoms with van der Waals surface area (Å²) in [6, 6.07) is 26.3. The lowest BCUT2D eigenvalue weighted by atomic mass is 9.93. The van der Waals surface area contributed by atoms with Crippen LogP contribution in [0.3, 0.4) is 0 Å². The second kappa shape index (κ2) is 6.10. The Hall–Kier alpha value is -4.57. The van der Waals surface area contributed by atoms with E-state index in [1.54, 1.807) is 0 Å². The monoisotopic (exact) mass is 446 g/mol. The summed E-state index contributed by atoms with van der Waals surface area (Å²) in [6.45, 7) is 0. The molecule has 2 aliphatic carbocycles. The van der Waals surface area contributed by atoms with Crippen molar-refractivity contribution in [3.8, 4) is 22.3 Å². The fourth-order valence-corrected chi connectivity index (χ4v) is 6.54. The molecular formula is C31H18N4. The molecule has 0 unspecified atom stereocenters. The molecule has 0 radical (unpaired) electrons. The van der Waals surface area contributed by atoms with Gasteiger partial charge in [-0.3, -0.25) is 9.38 Å². The standard InChI is InChI=1S/C31H18N4/c1-2-6-20-17(5-1)15-18-9-10-19-16-23-21(27(19)26(18)20)11-12-22-28(23)31-34-30-25(8-4-14-33-30)35(31)24-7-3-13-32-29(22)24/h1-14H,15-16H2. The van der Waals surface area contributed by atoms with Gasteiger partial charge in [0.2, 0.25) is 0 Å². The Balaban J connectivity index is 1.47. The van der Waals surface area contributed by atoms with Gasteiger partial charge in [0.15, 0.2) is 5.65 Å². The van der Waals surface area contributed by atoms with Crippen LogP contribution in [0.5, 0.6) is 0 Å². The highest BCUT2D eigenvalue weighted by molar-refractivity contribution is 6.16. The topological polar surface area (TPSA) is 43.1 Å². The van der Waals surface area contributed by atoms with Gasteiger partial charge in [0.1, 0.15) is 5.65 Å². The Morgan fingerprint density at radius 1 is 0.629 bits per heavy atom. The smallest absolute Gasteiger partial charge is 0.178 e. The molecule has 0 spiro atoms. The first-order valence-electron chi connectivity index (χ1n) is 12.1. The number of imidazole rings is 1. The number of pyridine rings is 3. The van der Waals surface area contributed by atoms with E-state index in [9.17, 15) is 0 Å². The van der Waals surface area contributed by atoms with Crippen molar-refractivity contribution in [2.45, 2.75) is 12.8 Å². The maximum atomic E-state index is 5.07. The molecule has 0 bridgehead atoms. The lowest BCUT2D eigenvalue weighted by molar-refractivity contribution is 1.24. The minimum absolute atomic E-state index is 0.771. The third kappa shape index (κ3) is 2.11. The Morgan fingerprint density at radius 3 is 2.37 bits per heavy atom. The van der Waals surface area contributed by atoms with Crippen LogP contribution in [-0.4, -0.2) is 19.4 Å². The molecule has 4 aromatic heterocycles. The van der Waals surface area contributed by atoms with Gasteiger partial charge in [0.25, 0.3) is 0 Å². The van der Waals surface area contributed by atoms with E-state index in [4.69, 9.17) is 9.97 Å². The second-order valence-corrected chi connectivity index (χ2v) is 9.65. The number of fused-ring (bicyclic) bond motifs is 16. The molecule has 0 fully saturated rings. The minimum atomic E-state index is 0.771. The number of nitrogens with zero attached hydrogens (tertiary/aromatic N) is 4. The molecule has 4 nitrogen and oxygen atoms in total. The summed E-state index contributed by atoms with van der Waals surface area (Å²) in [5.41, 5.74) is 16.0. The van der Waals surface area contributed by atoms with Crippen molar-refractivity contribution in [3.63, 3.8) is 0 Å². The molecule has 2 aliphatic rings. The van der Waals surface area contributed by atoms with E-state index in [2.05, 4.69) is 70.0 Å². The Bertz CT molecular complexity index is 2070. The van der Waals surface area contributed by atoms with Gasteiger partial charge in [0.05, 0.1) is 16.6 Å².